The minimum absolute atomic E-state index is 0.0512. The van der Waals surface area contributed by atoms with Crippen LogP contribution in [0.3, 0.4) is 0 Å². The molecule has 1 spiro atoms. The van der Waals surface area contributed by atoms with Crippen LogP contribution in [0.4, 0.5) is 13.2 Å². The fourth-order valence-corrected chi connectivity index (χ4v) is 4.79. The van der Waals surface area contributed by atoms with Crippen LogP contribution >= 0.6 is 0 Å². The Bertz CT molecular complexity index is 691. The zero-order valence-corrected chi connectivity index (χ0v) is 13.1. The Labute approximate surface area is 132 Å². The second kappa shape index (κ2) is 5.95. The molecular weight excluding hydrogens is 333 g/mol. The van der Waals surface area contributed by atoms with Gasteiger partial charge in [0.1, 0.15) is 0 Å². The number of nitrogens with one attached hydrogen (secondary N) is 1. The number of hydrogen-bond donors (Lipinski definition) is 1. The predicted molar refractivity (Wildman–Crippen MR) is 76.3 cm³/mol. The van der Waals surface area contributed by atoms with E-state index in [1.54, 1.807) is 0 Å². The van der Waals surface area contributed by atoms with Crippen molar-refractivity contribution in [1.82, 2.24) is 9.62 Å². The molecule has 3 rings (SSSR count). The third-order valence-corrected chi connectivity index (χ3v) is 6.33. The molecule has 0 saturated carbocycles. The maximum absolute atomic E-state index is 13.8. The van der Waals surface area contributed by atoms with Crippen molar-refractivity contribution in [2.45, 2.75) is 24.3 Å². The zero-order chi connectivity index (χ0) is 16.7. The molecule has 2 aliphatic heterocycles. The van der Waals surface area contributed by atoms with Gasteiger partial charge < -0.3 is 10.1 Å². The lowest BCUT2D eigenvalue weighted by molar-refractivity contribution is -0.0522. The Morgan fingerprint density at radius 1 is 1.30 bits per heavy atom. The monoisotopic (exact) mass is 350 g/mol. The molecule has 2 saturated heterocycles. The number of alkyl halides is 2. The molecule has 0 aliphatic carbocycles. The Morgan fingerprint density at radius 3 is 2.70 bits per heavy atom. The zero-order valence-electron chi connectivity index (χ0n) is 12.3. The van der Waals surface area contributed by atoms with Crippen LogP contribution in [0.25, 0.3) is 0 Å². The van der Waals surface area contributed by atoms with Crippen molar-refractivity contribution in [1.29, 1.82) is 0 Å². The highest BCUT2D eigenvalue weighted by Crippen LogP contribution is 2.38. The number of ether oxygens (including phenoxy) is 1. The van der Waals surface area contributed by atoms with Crippen molar-refractivity contribution in [3.63, 3.8) is 0 Å². The predicted octanol–water partition coefficient (Wildman–Crippen LogP) is 1.80. The summed E-state index contributed by atoms with van der Waals surface area (Å²) >= 11 is 0. The summed E-state index contributed by atoms with van der Waals surface area (Å²) in [5.74, 6) is -1.79. The Morgan fingerprint density at radius 2 is 2.09 bits per heavy atom. The van der Waals surface area contributed by atoms with Crippen LogP contribution in [0.1, 0.15) is 12.8 Å². The van der Waals surface area contributed by atoms with Crippen molar-refractivity contribution >= 4 is 10.0 Å². The first kappa shape index (κ1) is 16.5. The third kappa shape index (κ3) is 3.17. The molecule has 2 fully saturated rings. The van der Waals surface area contributed by atoms with Crippen LogP contribution in [0.2, 0.25) is 0 Å². The highest BCUT2D eigenvalue weighted by Gasteiger charge is 2.44. The molecule has 1 aromatic rings. The van der Waals surface area contributed by atoms with Gasteiger partial charge in [0.05, 0.1) is 4.90 Å². The summed E-state index contributed by atoms with van der Waals surface area (Å²) in [5.41, 5.74) is -0.0512. The van der Waals surface area contributed by atoms with E-state index in [9.17, 15) is 21.6 Å². The second-order valence-electron chi connectivity index (χ2n) is 5.99. The lowest BCUT2D eigenvalue weighted by Crippen LogP contribution is -2.33. The first-order valence-electron chi connectivity index (χ1n) is 7.28. The van der Waals surface area contributed by atoms with Crippen molar-refractivity contribution in [3.05, 3.63) is 24.0 Å². The molecule has 23 heavy (non-hydrogen) atoms. The van der Waals surface area contributed by atoms with Crippen molar-refractivity contribution < 1.29 is 26.3 Å². The number of nitrogens with zero attached hydrogens (tertiary/aromatic N) is 1. The summed E-state index contributed by atoms with van der Waals surface area (Å²) in [6.45, 7) is -0.767. The quantitative estimate of drug-likeness (QED) is 0.900. The lowest BCUT2D eigenvalue weighted by atomic mass is 9.87. The molecule has 1 unspecified atom stereocenters. The average Bonchev–Trinajstić information content (AvgIpc) is 3.12. The molecule has 128 valence electrons. The van der Waals surface area contributed by atoms with Gasteiger partial charge in [0.15, 0.2) is 11.6 Å². The number of sulfonamides is 1. The molecular formula is C14H17F3N2O3S. The summed E-state index contributed by atoms with van der Waals surface area (Å²) in [6, 6.07) is 2.73. The van der Waals surface area contributed by atoms with E-state index in [2.05, 4.69) is 10.1 Å². The van der Waals surface area contributed by atoms with Crippen LogP contribution in [-0.2, 0) is 10.0 Å². The van der Waals surface area contributed by atoms with Crippen molar-refractivity contribution in [2.75, 3.05) is 26.2 Å². The van der Waals surface area contributed by atoms with E-state index in [1.165, 1.54) is 4.31 Å². The van der Waals surface area contributed by atoms with E-state index in [4.69, 9.17) is 0 Å². The first-order chi connectivity index (χ1) is 10.8. The molecule has 9 heteroatoms. The van der Waals surface area contributed by atoms with Crippen molar-refractivity contribution in [2.24, 2.45) is 5.41 Å². The van der Waals surface area contributed by atoms with E-state index in [0.717, 1.165) is 44.1 Å². The lowest BCUT2D eigenvalue weighted by Gasteiger charge is -2.22. The third-order valence-electron chi connectivity index (χ3n) is 4.49. The highest BCUT2D eigenvalue weighted by atomic mass is 32.2. The molecule has 2 heterocycles. The molecule has 0 radical (unpaired) electrons. The van der Waals surface area contributed by atoms with Gasteiger partial charge in [-0.25, -0.2) is 12.8 Å². The summed E-state index contributed by atoms with van der Waals surface area (Å²) in [4.78, 5) is -0.250. The topological polar surface area (TPSA) is 58.6 Å². The van der Waals surface area contributed by atoms with Crippen molar-refractivity contribution in [3.8, 4) is 5.75 Å². The number of rotatable bonds is 4. The minimum Gasteiger partial charge on any atom is -0.432 e. The molecule has 5 nitrogen and oxygen atoms in total. The van der Waals surface area contributed by atoms with Gasteiger partial charge in [0.2, 0.25) is 10.0 Å². The molecule has 1 atom stereocenters. The summed E-state index contributed by atoms with van der Waals surface area (Å²) in [5, 5.41) is 3.23. The fourth-order valence-electron chi connectivity index (χ4n) is 3.23. The normalized spacial score (nSPS) is 25.6. The Kier molecular flexibility index (Phi) is 4.28. The molecule has 0 aromatic heterocycles. The molecule has 1 aromatic carbocycles. The van der Waals surface area contributed by atoms with Gasteiger partial charge >= 0.3 is 6.61 Å². The largest absolute Gasteiger partial charge is 0.432 e. The highest BCUT2D eigenvalue weighted by molar-refractivity contribution is 7.89. The smallest absolute Gasteiger partial charge is 0.387 e. The summed E-state index contributed by atoms with van der Waals surface area (Å²) < 4.78 is 68.6. The maximum atomic E-state index is 13.8. The average molecular weight is 350 g/mol. The van der Waals surface area contributed by atoms with Gasteiger partial charge in [-0.15, -0.1) is 0 Å². The van der Waals surface area contributed by atoms with Crippen LogP contribution in [0.15, 0.2) is 23.1 Å². The van der Waals surface area contributed by atoms with E-state index in [0.29, 0.717) is 13.1 Å². The minimum atomic E-state index is -3.85. The van der Waals surface area contributed by atoms with Gasteiger partial charge in [-0.1, -0.05) is 0 Å². The second-order valence-corrected chi connectivity index (χ2v) is 7.92. The van der Waals surface area contributed by atoms with E-state index < -0.39 is 28.2 Å². The number of benzene rings is 1. The van der Waals surface area contributed by atoms with Gasteiger partial charge in [-0.3, -0.25) is 0 Å². The number of hydrogen-bond acceptors (Lipinski definition) is 4. The maximum Gasteiger partial charge on any atom is 0.387 e. The summed E-state index contributed by atoms with van der Waals surface area (Å²) in [7, 11) is -3.85. The molecule has 0 bridgehead atoms. The van der Waals surface area contributed by atoms with E-state index >= 15 is 0 Å². The van der Waals surface area contributed by atoms with Crippen LogP contribution in [0, 0.1) is 11.2 Å². The standard InChI is InChI=1S/C14H17F3N2O3S/c15-11-7-10(1-2-12(11)22-13(16)17)23(20,21)19-6-4-14(9-19)3-5-18-8-14/h1-2,7,13,18H,3-6,8-9H2. The van der Waals surface area contributed by atoms with Gasteiger partial charge in [0.25, 0.3) is 0 Å². The van der Waals surface area contributed by atoms with Crippen LogP contribution in [0.5, 0.6) is 5.75 Å². The number of halogens is 3. The van der Waals surface area contributed by atoms with Crippen LogP contribution < -0.4 is 10.1 Å². The Balaban J connectivity index is 1.81. The van der Waals surface area contributed by atoms with E-state index in [1.807, 2.05) is 0 Å². The molecule has 1 N–H and O–H groups in total. The molecule has 2 aliphatic rings. The Hall–Kier alpha value is -1.32. The van der Waals surface area contributed by atoms with Gasteiger partial charge in [-0.2, -0.15) is 13.1 Å². The fraction of sp³-hybridized carbons (Fsp3) is 0.571. The van der Waals surface area contributed by atoms with Gasteiger partial charge in [-0.05, 0) is 43.0 Å². The van der Waals surface area contributed by atoms with Crippen LogP contribution in [-0.4, -0.2) is 45.5 Å². The summed E-state index contributed by atoms with van der Waals surface area (Å²) in [6.07, 6.45) is 1.67. The van der Waals surface area contributed by atoms with E-state index in [-0.39, 0.29) is 10.3 Å². The SMILES string of the molecule is O=S(=O)(c1ccc(OC(F)F)c(F)c1)N1CCC2(CCNC2)C1. The molecule has 0 amide bonds. The first-order valence-corrected chi connectivity index (χ1v) is 8.72. The van der Waals surface area contributed by atoms with Gasteiger partial charge in [0, 0.05) is 19.6 Å².